The molecule has 0 saturated carbocycles. The van der Waals surface area contributed by atoms with Gasteiger partial charge in [0.05, 0.1) is 7.11 Å². The zero-order valence-corrected chi connectivity index (χ0v) is 7.15. The minimum atomic E-state index is 0.173. The van der Waals surface area contributed by atoms with E-state index < -0.39 is 0 Å². The van der Waals surface area contributed by atoms with Gasteiger partial charge < -0.3 is 4.74 Å². The Hall–Kier alpha value is -1.80. The molecule has 0 aliphatic heterocycles. The maximum Gasteiger partial charge on any atom is 0.218 e. The van der Waals surface area contributed by atoms with Gasteiger partial charge in [-0.25, -0.2) is 15.4 Å². The summed E-state index contributed by atoms with van der Waals surface area (Å²) in [5.74, 6) is 3.27. The van der Waals surface area contributed by atoms with E-state index in [4.69, 9.17) is 16.0 Å². The van der Waals surface area contributed by atoms with Crippen LogP contribution in [0.1, 0.15) is 0 Å². The van der Waals surface area contributed by atoms with Crippen molar-refractivity contribution in [3.63, 3.8) is 0 Å². The van der Waals surface area contributed by atoms with Gasteiger partial charge in [0.15, 0.2) is 5.82 Å². The molecule has 68 valence electrons. The fourth-order valence-corrected chi connectivity index (χ4v) is 0.659. The standard InChI is InChI=1S/C8H9N3O2/c1-3-4-13-11-7-5-8(12-2)10-6-9-7/h1,5-6H,4H2,2H3,(H,9,10,11). The minimum absolute atomic E-state index is 0.173. The van der Waals surface area contributed by atoms with Crippen LogP contribution in [-0.4, -0.2) is 23.7 Å². The highest BCUT2D eigenvalue weighted by Crippen LogP contribution is 2.09. The van der Waals surface area contributed by atoms with E-state index in [0.717, 1.165) is 0 Å². The van der Waals surface area contributed by atoms with E-state index in [1.54, 1.807) is 6.07 Å². The van der Waals surface area contributed by atoms with Gasteiger partial charge in [0.25, 0.3) is 0 Å². The smallest absolute Gasteiger partial charge is 0.218 e. The molecule has 0 bridgehead atoms. The number of ether oxygens (including phenoxy) is 1. The summed E-state index contributed by atoms with van der Waals surface area (Å²) in [5.41, 5.74) is 2.55. The Morgan fingerprint density at radius 3 is 3.15 bits per heavy atom. The van der Waals surface area contributed by atoms with Crippen LogP contribution < -0.4 is 10.2 Å². The van der Waals surface area contributed by atoms with Gasteiger partial charge in [-0.3, -0.25) is 4.84 Å². The van der Waals surface area contributed by atoms with Crippen molar-refractivity contribution >= 4 is 5.82 Å². The van der Waals surface area contributed by atoms with Gasteiger partial charge in [-0.2, -0.15) is 0 Å². The Bertz CT molecular complexity index is 309. The van der Waals surface area contributed by atoms with E-state index in [-0.39, 0.29) is 6.61 Å². The first kappa shape index (κ1) is 9.29. The molecule has 1 aromatic heterocycles. The predicted molar refractivity (Wildman–Crippen MR) is 47.0 cm³/mol. The maximum atomic E-state index is 4.98. The zero-order chi connectivity index (χ0) is 9.52. The van der Waals surface area contributed by atoms with Crippen LogP contribution in [0.25, 0.3) is 0 Å². The molecule has 1 rings (SSSR count). The first-order valence-corrected chi connectivity index (χ1v) is 3.54. The van der Waals surface area contributed by atoms with E-state index in [9.17, 15) is 0 Å². The average molecular weight is 179 g/mol. The van der Waals surface area contributed by atoms with E-state index >= 15 is 0 Å². The molecule has 0 aliphatic carbocycles. The number of anilines is 1. The summed E-state index contributed by atoms with van der Waals surface area (Å²) >= 11 is 0. The Morgan fingerprint density at radius 1 is 1.62 bits per heavy atom. The molecular formula is C8H9N3O2. The van der Waals surface area contributed by atoms with Crippen molar-refractivity contribution in [1.29, 1.82) is 0 Å². The van der Waals surface area contributed by atoms with Gasteiger partial charge in [-0.15, -0.1) is 6.42 Å². The van der Waals surface area contributed by atoms with E-state index in [1.807, 2.05) is 0 Å². The van der Waals surface area contributed by atoms with Gasteiger partial charge in [-0.05, 0) is 0 Å². The van der Waals surface area contributed by atoms with E-state index in [1.165, 1.54) is 13.4 Å². The number of hydrogen-bond acceptors (Lipinski definition) is 5. The zero-order valence-electron chi connectivity index (χ0n) is 7.15. The predicted octanol–water partition coefficient (Wildman–Crippen LogP) is 0.462. The van der Waals surface area contributed by atoms with E-state index in [2.05, 4.69) is 21.4 Å². The number of terminal acetylenes is 1. The first-order valence-electron chi connectivity index (χ1n) is 3.54. The van der Waals surface area contributed by atoms with Crippen molar-refractivity contribution < 1.29 is 9.57 Å². The van der Waals surface area contributed by atoms with Gasteiger partial charge in [0.2, 0.25) is 5.88 Å². The third-order valence-corrected chi connectivity index (χ3v) is 1.18. The summed E-state index contributed by atoms with van der Waals surface area (Å²) in [6, 6.07) is 1.59. The number of rotatable bonds is 4. The van der Waals surface area contributed by atoms with Crippen LogP contribution in [0.5, 0.6) is 5.88 Å². The van der Waals surface area contributed by atoms with Crippen LogP contribution in [0, 0.1) is 12.3 Å². The molecule has 0 saturated heterocycles. The molecule has 1 N–H and O–H groups in total. The van der Waals surface area contributed by atoms with E-state index in [0.29, 0.717) is 11.7 Å². The lowest BCUT2D eigenvalue weighted by molar-refractivity contribution is 0.232. The quantitative estimate of drug-likeness (QED) is 0.413. The summed E-state index contributed by atoms with van der Waals surface area (Å²) < 4.78 is 4.87. The molecule has 5 heteroatoms. The van der Waals surface area contributed by atoms with Crippen LogP contribution in [0.15, 0.2) is 12.4 Å². The SMILES string of the molecule is C#CCONc1cc(OC)ncn1. The number of nitrogens with one attached hydrogen (secondary N) is 1. The van der Waals surface area contributed by atoms with Crippen LogP contribution in [0.4, 0.5) is 5.82 Å². The molecule has 5 nitrogen and oxygen atoms in total. The summed E-state index contributed by atoms with van der Waals surface area (Å²) in [7, 11) is 1.52. The molecular weight excluding hydrogens is 170 g/mol. The lowest BCUT2D eigenvalue weighted by Crippen LogP contribution is -2.03. The summed E-state index contributed by atoms with van der Waals surface area (Å²) in [6.07, 6.45) is 6.34. The number of methoxy groups -OCH3 is 1. The summed E-state index contributed by atoms with van der Waals surface area (Å²) in [5, 5.41) is 0. The third kappa shape index (κ3) is 2.97. The van der Waals surface area contributed by atoms with Gasteiger partial charge >= 0.3 is 0 Å². The molecule has 13 heavy (non-hydrogen) atoms. The topological polar surface area (TPSA) is 56.3 Å². The first-order chi connectivity index (χ1) is 6.36. The molecule has 0 aliphatic rings. The maximum absolute atomic E-state index is 4.98. The molecule has 0 aromatic carbocycles. The molecule has 0 amide bonds. The fourth-order valence-electron chi connectivity index (χ4n) is 0.659. The second-order valence-corrected chi connectivity index (χ2v) is 2.04. The van der Waals surface area contributed by atoms with Crippen molar-refractivity contribution in [1.82, 2.24) is 9.97 Å². The number of nitrogens with zero attached hydrogens (tertiary/aromatic N) is 2. The lowest BCUT2D eigenvalue weighted by atomic mass is 10.6. The second kappa shape index (κ2) is 4.95. The Balaban J connectivity index is 2.52. The highest BCUT2D eigenvalue weighted by molar-refractivity contribution is 5.34. The van der Waals surface area contributed by atoms with Crippen molar-refractivity contribution in [3.8, 4) is 18.2 Å². The summed E-state index contributed by atoms with van der Waals surface area (Å²) in [4.78, 5) is 12.5. The Labute approximate surface area is 76.1 Å². The van der Waals surface area contributed by atoms with Crippen molar-refractivity contribution in [2.24, 2.45) is 0 Å². The Kier molecular flexibility index (Phi) is 3.54. The summed E-state index contributed by atoms with van der Waals surface area (Å²) in [6.45, 7) is 0.173. The van der Waals surface area contributed by atoms with Gasteiger partial charge in [0, 0.05) is 6.07 Å². The van der Waals surface area contributed by atoms with Crippen molar-refractivity contribution in [2.75, 3.05) is 19.2 Å². The van der Waals surface area contributed by atoms with Crippen LogP contribution in [0.3, 0.4) is 0 Å². The highest BCUT2D eigenvalue weighted by atomic mass is 16.6. The molecule has 0 spiro atoms. The normalized spacial score (nSPS) is 8.92. The number of hydrogen-bond donors (Lipinski definition) is 1. The second-order valence-electron chi connectivity index (χ2n) is 2.04. The van der Waals surface area contributed by atoms with Crippen LogP contribution in [0.2, 0.25) is 0 Å². The Morgan fingerprint density at radius 2 is 2.46 bits per heavy atom. The van der Waals surface area contributed by atoms with Crippen molar-refractivity contribution in [3.05, 3.63) is 12.4 Å². The van der Waals surface area contributed by atoms with Gasteiger partial charge in [0.1, 0.15) is 12.9 Å². The largest absolute Gasteiger partial charge is 0.481 e. The minimum Gasteiger partial charge on any atom is -0.481 e. The molecule has 0 unspecified atom stereocenters. The third-order valence-electron chi connectivity index (χ3n) is 1.18. The van der Waals surface area contributed by atoms with Crippen LogP contribution in [-0.2, 0) is 4.84 Å². The molecule has 0 fully saturated rings. The molecule has 0 radical (unpaired) electrons. The molecule has 0 atom stereocenters. The van der Waals surface area contributed by atoms with Crippen LogP contribution >= 0.6 is 0 Å². The van der Waals surface area contributed by atoms with Gasteiger partial charge in [-0.1, -0.05) is 5.92 Å². The molecule has 1 heterocycles. The highest BCUT2D eigenvalue weighted by Gasteiger charge is 1.96. The monoisotopic (exact) mass is 179 g/mol. The fraction of sp³-hybridized carbons (Fsp3) is 0.250. The number of aromatic nitrogens is 2. The van der Waals surface area contributed by atoms with Crippen molar-refractivity contribution in [2.45, 2.75) is 0 Å². The lowest BCUT2D eigenvalue weighted by Gasteiger charge is -2.03. The average Bonchev–Trinajstić information content (AvgIpc) is 2.19. The molecule has 1 aromatic rings.